The average Bonchev–Trinajstić information content (AvgIpc) is 3.19. The summed E-state index contributed by atoms with van der Waals surface area (Å²) in [7, 11) is 4.69. The summed E-state index contributed by atoms with van der Waals surface area (Å²) in [6.45, 7) is 2.59. The molecule has 1 aromatic heterocycles. The van der Waals surface area contributed by atoms with Crippen LogP contribution < -0.4 is 25.3 Å². The van der Waals surface area contributed by atoms with E-state index >= 15 is 0 Å². The Morgan fingerprint density at radius 2 is 1.88 bits per heavy atom. The largest absolute Gasteiger partial charge is 0.493 e. The van der Waals surface area contributed by atoms with E-state index in [0.29, 0.717) is 40.6 Å². The molecule has 2 aromatic rings. The van der Waals surface area contributed by atoms with Gasteiger partial charge in [0.05, 0.1) is 27.9 Å². The van der Waals surface area contributed by atoms with Gasteiger partial charge in [-0.2, -0.15) is 0 Å². The van der Waals surface area contributed by atoms with Crippen molar-refractivity contribution in [1.29, 1.82) is 0 Å². The zero-order chi connectivity index (χ0) is 18.0. The Bertz CT molecular complexity index is 780. The number of ether oxygens (including phenoxy) is 4. The maximum absolute atomic E-state index is 6.01. The van der Waals surface area contributed by atoms with E-state index in [-0.39, 0.29) is 6.10 Å². The average molecular weight is 364 g/mol. The minimum atomic E-state index is 0.0584. The van der Waals surface area contributed by atoms with Crippen molar-refractivity contribution >= 4 is 33.9 Å². The molecule has 1 unspecified atom stereocenters. The summed E-state index contributed by atoms with van der Waals surface area (Å²) in [5, 5.41) is 3.82. The van der Waals surface area contributed by atoms with E-state index in [2.05, 4.69) is 15.3 Å². The molecule has 1 atom stereocenters. The lowest BCUT2D eigenvalue weighted by molar-refractivity contribution is 0.247. The molecule has 1 aliphatic rings. The van der Waals surface area contributed by atoms with Crippen molar-refractivity contribution in [2.75, 3.05) is 38.9 Å². The summed E-state index contributed by atoms with van der Waals surface area (Å²) >= 11 is 1.37. The van der Waals surface area contributed by atoms with Crippen LogP contribution in [0.4, 0.5) is 16.6 Å². The van der Waals surface area contributed by atoms with Gasteiger partial charge in [-0.15, -0.1) is 0 Å². The molecule has 0 spiro atoms. The lowest BCUT2D eigenvalue weighted by atomic mass is 10.2. The lowest BCUT2D eigenvalue weighted by Crippen LogP contribution is -2.08. The molecule has 0 aliphatic carbocycles. The molecule has 9 heteroatoms. The number of hydrogen-bond donors (Lipinski definition) is 2. The zero-order valence-electron chi connectivity index (χ0n) is 14.5. The second-order valence-electron chi connectivity index (χ2n) is 5.35. The fourth-order valence-electron chi connectivity index (χ4n) is 2.42. The molecule has 0 saturated carbocycles. The molecule has 1 aliphatic heterocycles. The monoisotopic (exact) mass is 364 g/mol. The van der Waals surface area contributed by atoms with Crippen LogP contribution in [-0.4, -0.2) is 44.9 Å². The molecule has 0 fully saturated rings. The molecule has 3 N–H and O–H groups in total. The molecule has 134 valence electrons. The normalized spacial score (nSPS) is 16.2. The molecular weight excluding hydrogens is 344 g/mol. The van der Waals surface area contributed by atoms with Gasteiger partial charge in [-0.25, -0.2) is 9.98 Å². The molecular formula is C16H20N4O4S. The maximum atomic E-state index is 6.01. The Balaban J connectivity index is 1.88. The second kappa shape index (κ2) is 7.06. The molecule has 0 amide bonds. The highest BCUT2D eigenvalue weighted by Crippen LogP contribution is 2.41. The first kappa shape index (κ1) is 17.2. The van der Waals surface area contributed by atoms with Crippen LogP contribution in [0.5, 0.6) is 17.2 Å². The minimum absolute atomic E-state index is 0.0584. The van der Waals surface area contributed by atoms with Crippen molar-refractivity contribution in [2.45, 2.75) is 13.0 Å². The van der Waals surface area contributed by atoms with Crippen LogP contribution in [-0.2, 0) is 4.74 Å². The number of benzene rings is 1. The van der Waals surface area contributed by atoms with Gasteiger partial charge in [-0.3, -0.25) is 0 Å². The summed E-state index contributed by atoms with van der Waals surface area (Å²) in [6.07, 6.45) is 0.0584. The van der Waals surface area contributed by atoms with Gasteiger partial charge in [0.1, 0.15) is 16.8 Å². The van der Waals surface area contributed by atoms with Gasteiger partial charge in [-0.1, -0.05) is 11.3 Å². The van der Waals surface area contributed by atoms with E-state index in [0.717, 1.165) is 10.6 Å². The Hall–Kier alpha value is -2.68. The molecule has 0 radical (unpaired) electrons. The summed E-state index contributed by atoms with van der Waals surface area (Å²) < 4.78 is 21.7. The standard InChI is InChI=1S/C16H20N4O4S/c1-8-7-18-15(24-8)13-14(17)20-16(25-13)19-9-5-10(21-2)12(23-4)11(6-9)22-3/h5-6,8H,7,17H2,1-4H3,(H,19,20). The molecule has 0 bridgehead atoms. The molecule has 8 nitrogen and oxygen atoms in total. The number of hydrogen-bond acceptors (Lipinski definition) is 9. The summed E-state index contributed by atoms with van der Waals surface area (Å²) in [6, 6.07) is 3.59. The fourth-order valence-corrected chi connectivity index (χ4v) is 3.27. The first-order chi connectivity index (χ1) is 12.0. The highest BCUT2D eigenvalue weighted by atomic mass is 32.1. The van der Waals surface area contributed by atoms with Crippen molar-refractivity contribution in [3.05, 3.63) is 17.0 Å². The van der Waals surface area contributed by atoms with Gasteiger partial charge >= 0.3 is 0 Å². The number of rotatable bonds is 6. The van der Waals surface area contributed by atoms with Crippen molar-refractivity contribution in [1.82, 2.24) is 4.98 Å². The van der Waals surface area contributed by atoms with Crippen molar-refractivity contribution < 1.29 is 18.9 Å². The molecule has 3 rings (SSSR count). The number of anilines is 3. The molecule has 0 saturated heterocycles. The van der Waals surface area contributed by atoms with Crippen LogP contribution in [0.25, 0.3) is 0 Å². The third-order valence-electron chi connectivity index (χ3n) is 3.57. The Morgan fingerprint density at radius 1 is 1.20 bits per heavy atom. The number of nitrogens with two attached hydrogens (primary N) is 1. The van der Waals surface area contributed by atoms with Crippen LogP contribution in [0.15, 0.2) is 17.1 Å². The van der Waals surface area contributed by atoms with Crippen LogP contribution in [0.3, 0.4) is 0 Å². The van der Waals surface area contributed by atoms with Crippen LogP contribution in [0.1, 0.15) is 11.8 Å². The fraction of sp³-hybridized carbons (Fsp3) is 0.375. The van der Waals surface area contributed by atoms with Gasteiger partial charge in [-0.05, 0) is 6.92 Å². The Kier molecular flexibility index (Phi) is 4.84. The number of nitrogen functional groups attached to an aromatic ring is 1. The predicted octanol–water partition coefficient (Wildman–Crippen LogP) is 2.66. The van der Waals surface area contributed by atoms with Gasteiger partial charge in [0, 0.05) is 17.8 Å². The minimum Gasteiger partial charge on any atom is -0.493 e. The zero-order valence-corrected chi connectivity index (χ0v) is 15.3. The maximum Gasteiger partial charge on any atom is 0.230 e. The van der Waals surface area contributed by atoms with E-state index in [9.17, 15) is 0 Å². The first-order valence-electron chi connectivity index (χ1n) is 7.60. The third kappa shape index (κ3) is 3.41. The summed E-state index contributed by atoms with van der Waals surface area (Å²) in [4.78, 5) is 9.41. The van der Waals surface area contributed by atoms with E-state index in [1.807, 2.05) is 6.92 Å². The van der Waals surface area contributed by atoms with Gasteiger partial charge < -0.3 is 30.0 Å². The summed E-state index contributed by atoms with van der Waals surface area (Å²) in [5.74, 6) is 2.55. The smallest absolute Gasteiger partial charge is 0.230 e. The van der Waals surface area contributed by atoms with E-state index in [1.165, 1.54) is 11.3 Å². The quantitative estimate of drug-likeness (QED) is 0.813. The molecule has 25 heavy (non-hydrogen) atoms. The Labute approximate surface area is 149 Å². The number of nitrogens with one attached hydrogen (secondary N) is 1. The lowest BCUT2D eigenvalue weighted by Gasteiger charge is -2.14. The second-order valence-corrected chi connectivity index (χ2v) is 6.35. The van der Waals surface area contributed by atoms with E-state index < -0.39 is 0 Å². The van der Waals surface area contributed by atoms with Crippen molar-refractivity contribution in [3.8, 4) is 17.2 Å². The highest BCUT2D eigenvalue weighted by molar-refractivity contribution is 7.18. The van der Waals surface area contributed by atoms with Gasteiger partial charge in [0.25, 0.3) is 0 Å². The molecule has 2 heterocycles. The number of aliphatic imine (C=N–C) groups is 1. The van der Waals surface area contributed by atoms with Gasteiger partial charge in [0.2, 0.25) is 11.6 Å². The number of nitrogens with zero attached hydrogens (tertiary/aromatic N) is 2. The predicted molar refractivity (Wildman–Crippen MR) is 97.9 cm³/mol. The summed E-state index contributed by atoms with van der Waals surface area (Å²) in [5.41, 5.74) is 6.74. The van der Waals surface area contributed by atoms with Crippen molar-refractivity contribution in [2.24, 2.45) is 4.99 Å². The Morgan fingerprint density at radius 3 is 2.40 bits per heavy atom. The molecule has 1 aromatic carbocycles. The SMILES string of the molecule is COc1cc(Nc2nc(N)c(C3=NCC(C)O3)s2)cc(OC)c1OC. The van der Waals surface area contributed by atoms with Gasteiger partial charge in [0.15, 0.2) is 16.6 Å². The third-order valence-corrected chi connectivity index (χ3v) is 4.54. The van der Waals surface area contributed by atoms with Crippen LogP contribution in [0, 0.1) is 0 Å². The first-order valence-corrected chi connectivity index (χ1v) is 8.42. The van der Waals surface area contributed by atoms with Crippen LogP contribution in [0.2, 0.25) is 0 Å². The van der Waals surface area contributed by atoms with E-state index in [1.54, 1.807) is 33.5 Å². The van der Waals surface area contributed by atoms with Crippen molar-refractivity contribution in [3.63, 3.8) is 0 Å². The van der Waals surface area contributed by atoms with E-state index in [4.69, 9.17) is 24.7 Å². The topological polar surface area (TPSA) is 100 Å². The number of aromatic nitrogens is 1. The number of thiazole rings is 1. The highest BCUT2D eigenvalue weighted by Gasteiger charge is 2.23. The van der Waals surface area contributed by atoms with Crippen LogP contribution >= 0.6 is 11.3 Å². The number of methoxy groups -OCH3 is 3.